The van der Waals surface area contributed by atoms with E-state index in [9.17, 15) is 9.59 Å². The predicted molar refractivity (Wildman–Crippen MR) is 82.6 cm³/mol. The maximum atomic E-state index is 12.8. The minimum absolute atomic E-state index is 0.0575. The van der Waals surface area contributed by atoms with E-state index in [2.05, 4.69) is 5.32 Å². The fourth-order valence-corrected chi connectivity index (χ4v) is 2.89. The Balaban J connectivity index is 2.14. The number of rotatable bonds is 1. The summed E-state index contributed by atoms with van der Waals surface area (Å²) in [5, 5.41) is 4.10. The second kappa shape index (κ2) is 5.33. The number of hydrogen-bond donors (Lipinski definition) is 1. The second-order valence-corrected chi connectivity index (χ2v) is 5.52. The van der Waals surface area contributed by atoms with E-state index < -0.39 is 0 Å². The van der Waals surface area contributed by atoms with E-state index in [1.54, 1.807) is 11.6 Å². The third-order valence-corrected chi connectivity index (χ3v) is 4.15. The Morgan fingerprint density at radius 2 is 2.10 bits per heavy atom. The van der Waals surface area contributed by atoms with E-state index in [4.69, 9.17) is 0 Å². The van der Waals surface area contributed by atoms with E-state index in [0.717, 1.165) is 24.0 Å². The maximum absolute atomic E-state index is 12.8. The lowest BCUT2D eigenvalue weighted by molar-refractivity contribution is 0.0657. The van der Waals surface area contributed by atoms with E-state index >= 15 is 0 Å². The van der Waals surface area contributed by atoms with Gasteiger partial charge in [-0.05, 0) is 13.0 Å². The van der Waals surface area contributed by atoms with Crippen molar-refractivity contribution >= 4 is 16.8 Å². The topological polar surface area (TPSA) is 54.3 Å². The van der Waals surface area contributed by atoms with Crippen LogP contribution in [-0.4, -0.2) is 41.1 Å². The molecule has 5 nitrogen and oxygen atoms in total. The summed E-state index contributed by atoms with van der Waals surface area (Å²) >= 11 is 0. The van der Waals surface area contributed by atoms with Gasteiger partial charge in [0.05, 0.1) is 11.1 Å². The normalized spacial score (nSPS) is 19.0. The molecule has 110 valence electrons. The van der Waals surface area contributed by atoms with Crippen LogP contribution in [0, 0.1) is 0 Å². The zero-order chi connectivity index (χ0) is 15.0. The van der Waals surface area contributed by atoms with Crippen molar-refractivity contribution in [1.82, 2.24) is 14.8 Å². The molecule has 2 heterocycles. The van der Waals surface area contributed by atoms with Crippen molar-refractivity contribution in [2.75, 3.05) is 19.6 Å². The average Bonchev–Trinajstić information content (AvgIpc) is 2.51. The van der Waals surface area contributed by atoms with Crippen LogP contribution < -0.4 is 10.9 Å². The highest BCUT2D eigenvalue weighted by molar-refractivity contribution is 6.06. The molecule has 2 aromatic rings. The molecule has 0 unspecified atom stereocenters. The zero-order valence-corrected chi connectivity index (χ0v) is 12.3. The summed E-state index contributed by atoms with van der Waals surface area (Å²) in [7, 11) is 1.73. The quantitative estimate of drug-likeness (QED) is 0.849. The third kappa shape index (κ3) is 2.34. The molecule has 1 aromatic carbocycles. The lowest BCUT2D eigenvalue weighted by Gasteiger charge is -2.34. The largest absolute Gasteiger partial charge is 0.333 e. The molecule has 1 saturated heterocycles. The van der Waals surface area contributed by atoms with Gasteiger partial charge < -0.3 is 14.8 Å². The third-order valence-electron chi connectivity index (χ3n) is 4.15. The second-order valence-electron chi connectivity index (χ2n) is 5.52. The molecule has 0 saturated carbocycles. The molecule has 1 N–H and O–H groups in total. The molecule has 1 aliphatic rings. The number of aromatic nitrogens is 1. The molecule has 5 heteroatoms. The number of carbonyl (C=O) groups excluding carboxylic acids is 1. The lowest BCUT2D eigenvalue weighted by atomic mass is 10.1. The van der Waals surface area contributed by atoms with Crippen LogP contribution in [0.1, 0.15) is 17.3 Å². The zero-order valence-electron chi connectivity index (χ0n) is 12.3. The van der Waals surface area contributed by atoms with Gasteiger partial charge in [-0.3, -0.25) is 9.59 Å². The summed E-state index contributed by atoms with van der Waals surface area (Å²) in [6.07, 6.45) is 0. The predicted octanol–water partition coefficient (Wildman–Crippen LogP) is 0.972. The molecular formula is C16H19N3O2. The minimum Gasteiger partial charge on any atom is -0.333 e. The Kier molecular flexibility index (Phi) is 3.51. The van der Waals surface area contributed by atoms with Gasteiger partial charge >= 0.3 is 0 Å². The Labute approximate surface area is 123 Å². The smallest absolute Gasteiger partial charge is 0.255 e. The van der Waals surface area contributed by atoms with Crippen molar-refractivity contribution in [3.8, 4) is 0 Å². The van der Waals surface area contributed by atoms with Crippen LogP contribution in [0.3, 0.4) is 0 Å². The van der Waals surface area contributed by atoms with Crippen LogP contribution in [0.15, 0.2) is 35.1 Å². The van der Waals surface area contributed by atoms with Gasteiger partial charge in [0, 0.05) is 44.2 Å². The summed E-state index contributed by atoms with van der Waals surface area (Å²) in [4.78, 5) is 26.8. The first-order chi connectivity index (χ1) is 10.1. The molecule has 0 radical (unpaired) electrons. The van der Waals surface area contributed by atoms with Gasteiger partial charge in [-0.2, -0.15) is 0 Å². The fraction of sp³-hybridized carbons (Fsp3) is 0.375. The number of nitrogens with zero attached hydrogens (tertiary/aromatic N) is 2. The van der Waals surface area contributed by atoms with Gasteiger partial charge in [0.2, 0.25) is 0 Å². The summed E-state index contributed by atoms with van der Waals surface area (Å²) in [6, 6.07) is 9.13. The van der Waals surface area contributed by atoms with Crippen LogP contribution in [-0.2, 0) is 7.05 Å². The molecule has 1 amide bonds. The van der Waals surface area contributed by atoms with Crippen molar-refractivity contribution < 1.29 is 4.79 Å². The van der Waals surface area contributed by atoms with E-state index in [1.165, 1.54) is 6.07 Å². The standard InChI is InChI=1S/C16H19N3O2/c1-11-10-17-7-8-19(11)16(21)13-9-15(20)18(2)14-6-4-3-5-12(13)14/h3-6,9,11,17H,7-8,10H2,1-2H3/t11-/m1/s1. The molecule has 1 aromatic heterocycles. The monoisotopic (exact) mass is 285 g/mol. The number of aryl methyl sites for hydroxylation is 1. The van der Waals surface area contributed by atoms with Crippen LogP contribution >= 0.6 is 0 Å². The van der Waals surface area contributed by atoms with E-state index in [-0.39, 0.29) is 17.5 Å². The number of carbonyl (C=O) groups is 1. The number of benzene rings is 1. The Morgan fingerprint density at radius 3 is 2.86 bits per heavy atom. The number of nitrogens with one attached hydrogen (secondary N) is 1. The number of hydrogen-bond acceptors (Lipinski definition) is 3. The molecule has 0 bridgehead atoms. The number of piperazine rings is 1. The van der Waals surface area contributed by atoms with Gasteiger partial charge in [0.15, 0.2) is 0 Å². The minimum atomic E-state index is -0.153. The van der Waals surface area contributed by atoms with Crippen LogP contribution in [0.5, 0.6) is 0 Å². The highest BCUT2D eigenvalue weighted by Crippen LogP contribution is 2.19. The van der Waals surface area contributed by atoms with Gasteiger partial charge in [-0.1, -0.05) is 18.2 Å². The molecule has 0 aliphatic carbocycles. The maximum Gasteiger partial charge on any atom is 0.255 e. The molecular weight excluding hydrogens is 266 g/mol. The SMILES string of the molecule is C[C@@H]1CNCCN1C(=O)c1cc(=O)n(C)c2ccccc12. The number of amides is 1. The fourth-order valence-electron chi connectivity index (χ4n) is 2.89. The first kappa shape index (κ1) is 13.8. The number of fused-ring (bicyclic) bond motifs is 1. The number of pyridine rings is 1. The molecule has 3 rings (SSSR count). The molecule has 1 aliphatic heterocycles. The highest BCUT2D eigenvalue weighted by atomic mass is 16.2. The Bertz CT molecular complexity index is 751. The first-order valence-corrected chi connectivity index (χ1v) is 7.20. The molecule has 1 fully saturated rings. The van der Waals surface area contributed by atoms with Crippen LogP contribution in [0.25, 0.3) is 10.9 Å². The van der Waals surface area contributed by atoms with E-state index in [1.807, 2.05) is 36.1 Å². The van der Waals surface area contributed by atoms with Crippen LogP contribution in [0.4, 0.5) is 0 Å². The van der Waals surface area contributed by atoms with Crippen molar-refractivity contribution in [2.24, 2.45) is 7.05 Å². The summed E-state index contributed by atoms with van der Waals surface area (Å²) in [6.45, 7) is 4.27. The van der Waals surface area contributed by atoms with Crippen molar-refractivity contribution in [3.05, 3.63) is 46.2 Å². The summed E-state index contributed by atoms with van der Waals surface area (Å²) in [5.41, 5.74) is 1.14. The summed E-state index contributed by atoms with van der Waals surface area (Å²) in [5.74, 6) is -0.0575. The average molecular weight is 285 g/mol. The van der Waals surface area contributed by atoms with Gasteiger partial charge in [-0.15, -0.1) is 0 Å². The molecule has 0 spiro atoms. The van der Waals surface area contributed by atoms with Crippen molar-refractivity contribution in [3.63, 3.8) is 0 Å². The van der Waals surface area contributed by atoms with Crippen LogP contribution in [0.2, 0.25) is 0 Å². The van der Waals surface area contributed by atoms with E-state index in [0.29, 0.717) is 12.1 Å². The van der Waals surface area contributed by atoms with Gasteiger partial charge in [0.25, 0.3) is 11.5 Å². The highest BCUT2D eigenvalue weighted by Gasteiger charge is 2.25. The summed E-state index contributed by atoms with van der Waals surface area (Å²) < 4.78 is 1.58. The van der Waals surface area contributed by atoms with Gasteiger partial charge in [0.1, 0.15) is 0 Å². The van der Waals surface area contributed by atoms with Gasteiger partial charge in [-0.25, -0.2) is 0 Å². The molecule has 21 heavy (non-hydrogen) atoms. The first-order valence-electron chi connectivity index (χ1n) is 7.20. The van der Waals surface area contributed by atoms with Crippen molar-refractivity contribution in [1.29, 1.82) is 0 Å². The van der Waals surface area contributed by atoms with Crippen molar-refractivity contribution in [2.45, 2.75) is 13.0 Å². The molecule has 1 atom stereocenters. The number of para-hydroxylation sites is 1. The Hall–Kier alpha value is -2.14. The lowest BCUT2D eigenvalue weighted by Crippen LogP contribution is -2.52. The Morgan fingerprint density at radius 1 is 1.33 bits per heavy atom.